The Morgan fingerprint density at radius 3 is 2.56 bits per heavy atom. The van der Waals surface area contributed by atoms with Gasteiger partial charge in [-0.3, -0.25) is 9.69 Å². The van der Waals surface area contributed by atoms with Crippen LogP contribution in [0.1, 0.15) is 31.5 Å². The summed E-state index contributed by atoms with van der Waals surface area (Å²) in [6.07, 6.45) is 9.82. The number of pyridine rings is 1. The summed E-state index contributed by atoms with van der Waals surface area (Å²) in [5.41, 5.74) is 0.790. The Labute approximate surface area is 160 Å². The van der Waals surface area contributed by atoms with E-state index in [-0.39, 0.29) is 11.8 Å². The summed E-state index contributed by atoms with van der Waals surface area (Å²) in [4.78, 5) is 26.2. The van der Waals surface area contributed by atoms with Crippen molar-refractivity contribution in [1.29, 1.82) is 0 Å². The van der Waals surface area contributed by atoms with Crippen LogP contribution in [0.25, 0.3) is 0 Å². The van der Waals surface area contributed by atoms with Gasteiger partial charge in [-0.2, -0.15) is 0 Å². The third kappa shape index (κ3) is 4.30. The third-order valence-corrected chi connectivity index (χ3v) is 5.69. The van der Waals surface area contributed by atoms with E-state index in [2.05, 4.69) is 29.7 Å². The first-order chi connectivity index (χ1) is 13.2. The molecule has 2 saturated heterocycles. The normalized spacial score (nSPS) is 18.8. The molecule has 27 heavy (non-hydrogen) atoms. The third-order valence-electron chi connectivity index (χ3n) is 5.69. The molecule has 0 unspecified atom stereocenters. The van der Waals surface area contributed by atoms with Gasteiger partial charge in [-0.25, -0.2) is 9.97 Å². The molecule has 0 saturated carbocycles. The number of likely N-dealkylation sites (tertiary alicyclic amines) is 1. The van der Waals surface area contributed by atoms with Gasteiger partial charge in [0, 0.05) is 38.4 Å². The van der Waals surface area contributed by atoms with Gasteiger partial charge in [-0.05, 0) is 50.9 Å². The predicted molar refractivity (Wildman–Crippen MR) is 106 cm³/mol. The maximum Gasteiger partial charge on any atom is 0.227 e. The van der Waals surface area contributed by atoms with Gasteiger partial charge < -0.3 is 14.8 Å². The van der Waals surface area contributed by atoms with E-state index < -0.39 is 0 Å². The molecule has 2 aliphatic rings. The quantitative estimate of drug-likeness (QED) is 0.877. The molecule has 7 nitrogen and oxygen atoms in total. The molecule has 1 N–H and O–H groups in total. The lowest BCUT2D eigenvalue weighted by Crippen LogP contribution is -2.38. The summed E-state index contributed by atoms with van der Waals surface area (Å²) >= 11 is 0. The fourth-order valence-electron chi connectivity index (χ4n) is 3.94. The average molecular weight is 368 g/mol. The zero-order chi connectivity index (χ0) is 18.6. The van der Waals surface area contributed by atoms with E-state index in [0.29, 0.717) is 0 Å². The number of piperidine rings is 1. The number of nitrogens with zero attached hydrogens (tertiary/aromatic N) is 5. The maximum absolute atomic E-state index is 12.6. The lowest BCUT2D eigenvalue weighted by Gasteiger charge is -2.30. The Balaban J connectivity index is 1.26. The van der Waals surface area contributed by atoms with Gasteiger partial charge in [0.1, 0.15) is 11.6 Å². The molecule has 144 valence electrons. The fraction of sp³-hybridized carbons (Fsp3) is 0.550. The first-order valence-corrected chi connectivity index (χ1v) is 9.89. The molecule has 0 bridgehead atoms. The standard InChI is InChI=1S/C20H28N6O/c1-24-13-8-21-19(24)15-25-11-6-16(7-12-25)20(27)23-17-4-5-18(22-14-17)26-9-2-3-10-26/h4-5,8,13-14,16H,2-3,6-7,9-12,15H2,1H3,(H,23,27). The van der Waals surface area contributed by atoms with Crippen molar-refractivity contribution in [2.24, 2.45) is 13.0 Å². The number of imidazole rings is 1. The lowest BCUT2D eigenvalue weighted by atomic mass is 9.96. The predicted octanol–water partition coefficient (Wildman–Crippen LogP) is 2.27. The maximum atomic E-state index is 12.6. The minimum absolute atomic E-state index is 0.0703. The molecule has 7 heteroatoms. The monoisotopic (exact) mass is 368 g/mol. The first kappa shape index (κ1) is 18.0. The topological polar surface area (TPSA) is 66.3 Å². The summed E-state index contributed by atoms with van der Waals surface area (Å²) in [6.45, 7) is 4.86. The highest BCUT2D eigenvalue weighted by Crippen LogP contribution is 2.22. The Hall–Kier alpha value is -2.41. The fourth-order valence-corrected chi connectivity index (χ4v) is 3.94. The van der Waals surface area contributed by atoms with Crippen molar-refractivity contribution in [3.63, 3.8) is 0 Å². The van der Waals surface area contributed by atoms with Crippen molar-refractivity contribution in [1.82, 2.24) is 19.4 Å². The largest absolute Gasteiger partial charge is 0.357 e. The molecule has 0 atom stereocenters. The van der Waals surface area contributed by atoms with E-state index >= 15 is 0 Å². The number of carbonyl (C=O) groups excluding carboxylic acids is 1. The van der Waals surface area contributed by atoms with E-state index in [1.165, 1.54) is 12.8 Å². The zero-order valence-electron chi connectivity index (χ0n) is 16.0. The van der Waals surface area contributed by atoms with E-state index in [0.717, 1.165) is 62.9 Å². The SMILES string of the molecule is Cn1ccnc1CN1CCC(C(=O)Nc2ccc(N3CCCC3)nc2)CC1. The number of amides is 1. The smallest absolute Gasteiger partial charge is 0.227 e. The van der Waals surface area contributed by atoms with Crippen LogP contribution in [0.2, 0.25) is 0 Å². The van der Waals surface area contributed by atoms with E-state index in [1.54, 1.807) is 6.20 Å². The summed E-state index contributed by atoms with van der Waals surface area (Å²) < 4.78 is 2.05. The van der Waals surface area contributed by atoms with Gasteiger partial charge in [0.2, 0.25) is 5.91 Å². The van der Waals surface area contributed by atoms with Crippen LogP contribution in [0.4, 0.5) is 11.5 Å². The molecule has 0 radical (unpaired) electrons. The number of aryl methyl sites for hydroxylation is 1. The van der Waals surface area contributed by atoms with Crippen molar-refractivity contribution >= 4 is 17.4 Å². The van der Waals surface area contributed by atoms with Crippen LogP contribution >= 0.6 is 0 Å². The second-order valence-electron chi connectivity index (χ2n) is 7.59. The Morgan fingerprint density at radius 2 is 1.93 bits per heavy atom. The summed E-state index contributed by atoms with van der Waals surface area (Å²) in [5.74, 6) is 2.26. The second-order valence-corrected chi connectivity index (χ2v) is 7.59. The molecule has 2 fully saturated rings. The molecular weight excluding hydrogens is 340 g/mol. The number of hydrogen-bond donors (Lipinski definition) is 1. The highest BCUT2D eigenvalue weighted by molar-refractivity contribution is 5.92. The number of anilines is 2. The molecule has 4 rings (SSSR count). The van der Waals surface area contributed by atoms with Gasteiger partial charge in [0.15, 0.2) is 0 Å². The van der Waals surface area contributed by atoms with Gasteiger partial charge in [-0.1, -0.05) is 0 Å². The lowest BCUT2D eigenvalue weighted by molar-refractivity contribution is -0.121. The number of aromatic nitrogens is 3. The summed E-state index contributed by atoms with van der Waals surface area (Å²) in [5, 5.41) is 3.04. The van der Waals surface area contributed by atoms with Crippen molar-refractivity contribution in [2.45, 2.75) is 32.2 Å². The van der Waals surface area contributed by atoms with Crippen LogP contribution in [0.3, 0.4) is 0 Å². The van der Waals surface area contributed by atoms with Crippen LogP contribution in [0.15, 0.2) is 30.7 Å². The van der Waals surface area contributed by atoms with Crippen molar-refractivity contribution in [3.05, 3.63) is 36.5 Å². The molecule has 2 aromatic rings. The molecular formula is C20H28N6O. The minimum atomic E-state index is 0.0703. The highest BCUT2D eigenvalue weighted by Gasteiger charge is 2.25. The molecule has 2 aromatic heterocycles. The van der Waals surface area contributed by atoms with E-state index in [1.807, 2.05) is 31.6 Å². The van der Waals surface area contributed by atoms with Crippen LogP contribution < -0.4 is 10.2 Å². The Morgan fingerprint density at radius 1 is 1.15 bits per heavy atom. The van der Waals surface area contributed by atoms with Gasteiger partial charge >= 0.3 is 0 Å². The van der Waals surface area contributed by atoms with Crippen molar-refractivity contribution < 1.29 is 4.79 Å². The van der Waals surface area contributed by atoms with Crippen LogP contribution in [-0.2, 0) is 18.4 Å². The number of rotatable bonds is 5. The van der Waals surface area contributed by atoms with Gasteiger partial charge in [0.05, 0.1) is 18.4 Å². The second kappa shape index (κ2) is 8.08. The Bertz CT molecular complexity index is 757. The van der Waals surface area contributed by atoms with Crippen LogP contribution in [-0.4, -0.2) is 51.5 Å². The van der Waals surface area contributed by atoms with Gasteiger partial charge in [0.25, 0.3) is 0 Å². The first-order valence-electron chi connectivity index (χ1n) is 9.89. The molecule has 0 spiro atoms. The molecule has 2 aliphatic heterocycles. The van der Waals surface area contributed by atoms with Gasteiger partial charge in [-0.15, -0.1) is 0 Å². The van der Waals surface area contributed by atoms with Crippen LogP contribution in [0, 0.1) is 5.92 Å². The number of hydrogen-bond acceptors (Lipinski definition) is 5. The molecule has 1 amide bonds. The van der Waals surface area contributed by atoms with E-state index in [4.69, 9.17) is 0 Å². The van der Waals surface area contributed by atoms with Crippen LogP contribution in [0.5, 0.6) is 0 Å². The molecule has 0 aromatic carbocycles. The Kier molecular flexibility index (Phi) is 5.38. The summed E-state index contributed by atoms with van der Waals surface area (Å²) in [6, 6.07) is 3.98. The molecule has 0 aliphatic carbocycles. The number of carbonyl (C=O) groups is 1. The summed E-state index contributed by atoms with van der Waals surface area (Å²) in [7, 11) is 2.02. The van der Waals surface area contributed by atoms with E-state index in [9.17, 15) is 4.79 Å². The average Bonchev–Trinajstić information content (AvgIpc) is 3.36. The van der Waals surface area contributed by atoms with Crippen molar-refractivity contribution in [3.8, 4) is 0 Å². The highest BCUT2D eigenvalue weighted by atomic mass is 16.1. The minimum Gasteiger partial charge on any atom is -0.357 e. The number of nitrogens with one attached hydrogen (secondary N) is 1. The zero-order valence-corrected chi connectivity index (χ0v) is 16.0. The van der Waals surface area contributed by atoms with Crippen molar-refractivity contribution in [2.75, 3.05) is 36.4 Å². The molecule has 4 heterocycles.